The molecule has 3 aromatic rings. The van der Waals surface area contributed by atoms with E-state index in [1.807, 2.05) is 24.4 Å². The van der Waals surface area contributed by atoms with Crippen LogP contribution >= 0.6 is 0 Å². The molecule has 0 radical (unpaired) electrons. The van der Waals surface area contributed by atoms with Gasteiger partial charge in [0.1, 0.15) is 0 Å². The Hall–Kier alpha value is -2.38. The highest BCUT2D eigenvalue weighted by Crippen LogP contribution is 2.19. The Morgan fingerprint density at radius 2 is 2.04 bits per heavy atom. The minimum absolute atomic E-state index is 0.206. The second-order valence-corrected chi connectivity index (χ2v) is 5.83. The number of fused-ring (bicyclic) bond motifs is 1. The first-order valence-corrected chi connectivity index (χ1v) is 7.81. The summed E-state index contributed by atoms with van der Waals surface area (Å²) < 4.78 is 1.76. The van der Waals surface area contributed by atoms with E-state index in [0.717, 1.165) is 48.3 Å². The van der Waals surface area contributed by atoms with E-state index in [2.05, 4.69) is 25.2 Å². The molecule has 3 heterocycles. The van der Waals surface area contributed by atoms with Crippen LogP contribution in [0.3, 0.4) is 0 Å². The molecule has 1 atom stereocenters. The maximum Gasteiger partial charge on any atom is 0.0971 e. The molecule has 0 saturated carbocycles. The summed E-state index contributed by atoms with van der Waals surface area (Å²) in [5.41, 5.74) is 3.52. The summed E-state index contributed by atoms with van der Waals surface area (Å²) in [6.07, 6.45) is 7.48. The molecule has 2 aromatic heterocycles. The molecule has 0 amide bonds. The molecule has 1 N–H and O–H groups in total. The predicted octanol–water partition coefficient (Wildman–Crippen LogP) is 1.17. The molecule has 1 unspecified atom stereocenters. The first kappa shape index (κ1) is 14.2. The van der Waals surface area contributed by atoms with Gasteiger partial charge in [0.2, 0.25) is 0 Å². The standard InChI is InChI=1S/C16H18N6O/c23-11-14-2-1-7-21(14)9-12-10-22(20-19-12)13-3-4-15-16(8-13)18-6-5-17-15/h3-6,8,10,14,23H,1-2,7,9,11H2. The molecule has 23 heavy (non-hydrogen) atoms. The number of rotatable bonds is 4. The second-order valence-electron chi connectivity index (χ2n) is 5.83. The largest absolute Gasteiger partial charge is 0.395 e. The summed E-state index contributed by atoms with van der Waals surface area (Å²) >= 11 is 0. The van der Waals surface area contributed by atoms with Crippen LogP contribution in [-0.4, -0.2) is 54.2 Å². The highest BCUT2D eigenvalue weighted by molar-refractivity contribution is 5.76. The molecule has 1 aliphatic heterocycles. The van der Waals surface area contributed by atoms with Crippen LogP contribution in [0, 0.1) is 0 Å². The molecule has 118 valence electrons. The Kier molecular flexibility index (Phi) is 3.72. The quantitative estimate of drug-likeness (QED) is 0.779. The average Bonchev–Trinajstić information content (AvgIpc) is 3.24. The fraction of sp³-hybridized carbons (Fsp3) is 0.375. The van der Waals surface area contributed by atoms with Gasteiger partial charge in [0, 0.05) is 25.0 Å². The first-order valence-electron chi connectivity index (χ1n) is 7.81. The van der Waals surface area contributed by atoms with Crippen molar-refractivity contribution < 1.29 is 5.11 Å². The van der Waals surface area contributed by atoms with Crippen LogP contribution in [0.4, 0.5) is 0 Å². The predicted molar refractivity (Wildman–Crippen MR) is 85.0 cm³/mol. The highest BCUT2D eigenvalue weighted by Gasteiger charge is 2.24. The van der Waals surface area contributed by atoms with Gasteiger partial charge in [-0.25, -0.2) is 4.68 Å². The van der Waals surface area contributed by atoms with Gasteiger partial charge in [-0.15, -0.1) is 5.10 Å². The number of aliphatic hydroxyl groups excluding tert-OH is 1. The van der Waals surface area contributed by atoms with Gasteiger partial charge >= 0.3 is 0 Å². The zero-order valence-electron chi connectivity index (χ0n) is 12.7. The number of hydrogen-bond donors (Lipinski definition) is 1. The van der Waals surface area contributed by atoms with E-state index in [4.69, 9.17) is 0 Å². The third-order valence-electron chi connectivity index (χ3n) is 4.33. The zero-order chi connectivity index (χ0) is 15.6. The van der Waals surface area contributed by atoms with Crippen molar-refractivity contribution >= 4 is 11.0 Å². The Morgan fingerprint density at radius 3 is 2.91 bits per heavy atom. The summed E-state index contributed by atoms with van der Waals surface area (Å²) in [6.45, 7) is 1.93. The molecule has 7 heteroatoms. The molecule has 1 aromatic carbocycles. The molecule has 0 aliphatic carbocycles. The molecule has 1 fully saturated rings. The topological polar surface area (TPSA) is 80.0 Å². The van der Waals surface area contributed by atoms with Crippen LogP contribution < -0.4 is 0 Å². The maximum atomic E-state index is 9.40. The van der Waals surface area contributed by atoms with E-state index < -0.39 is 0 Å². The van der Waals surface area contributed by atoms with E-state index in [0.29, 0.717) is 0 Å². The first-order chi connectivity index (χ1) is 11.3. The van der Waals surface area contributed by atoms with E-state index in [-0.39, 0.29) is 12.6 Å². The van der Waals surface area contributed by atoms with Gasteiger partial charge in [0.25, 0.3) is 0 Å². The van der Waals surface area contributed by atoms with E-state index in [1.54, 1.807) is 17.1 Å². The molecule has 1 aliphatic rings. The molecule has 1 saturated heterocycles. The summed E-state index contributed by atoms with van der Waals surface area (Å²) in [5, 5.41) is 17.9. The molecule has 7 nitrogen and oxygen atoms in total. The zero-order valence-corrected chi connectivity index (χ0v) is 12.7. The van der Waals surface area contributed by atoms with Crippen molar-refractivity contribution in [3.05, 3.63) is 42.5 Å². The molecular weight excluding hydrogens is 292 g/mol. The minimum Gasteiger partial charge on any atom is -0.395 e. The normalized spacial score (nSPS) is 18.7. The lowest BCUT2D eigenvalue weighted by atomic mass is 10.2. The third kappa shape index (κ3) is 2.80. The molecule has 0 bridgehead atoms. The fourth-order valence-corrected chi connectivity index (χ4v) is 3.11. The number of aliphatic hydroxyl groups is 1. The molecule has 0 spiro atoms. The van der Waals surface area contributed by atoms with Gasteiger partial charge in [-0.2, -0.15) is 0 Å². The van der Waals surface area contributed by atoms with Gasteiger partial charge in [-0.3, -0.25) is 14.9 Å². The lowest BCUT2D eigenvalue weighted by Gasteiger charge is -2.20. The van der Waals surface area contributed by atoms with Crippen molar-refractivity contribution in [2.45, 2.75) is 25.4 Å². The SMILES string of the molecule is OCC1CCCN1Cc1cn(-c2ccc3nccnc3c2)nn1. The van der Waals surface area contributed by atoms with Crippen molar-refractivity contribution in [2.24, 2.45) is 0 Å². The monoisotopic (exact) mass is 310 g/mol. The van der Waals surface area contributed by atoms with Crippen LogP contribution in [0.5, 0.6) is 0 Å². The second kappa shape index (κ2) is 6.02. The number of nitrogens with zero attached hydrogens (tertiary/aromatic N) is 6. The van der Waals surface area contributed by atoms with E-state index in [9.17, 15) is 5.11 Å². The summed E-state index contributed by atoms with van der Waals surface area (Å²) in [6, 6.07) is 6.09. The van der Waals surface area contributed by atoms with Gasteiger partial charge < -0.3 is 5.11 Å². The third-order valence-corrected chi connectivity index (χ3v) is 4.33. The fourth-order valence-electron chi connectivity index (χ4n) is 3.11. The van der Waals surface area contributed by atoms with Gasteiger partial charge in [-0.1, -0.05) is 5.21 Å². The number of benzene rings is 1. The van der Waals surface area contributed by atoms with E-state index in [1.165, 1.54) is 0 Å². The summed E-state index contributed by atoms with van der Waals surface area (Å²) in [4.78, 5) is 10.9. The van der Waals surface area contributed by atoms with Crippen LogP contribution in [0.15, 0.2) is 36.8 Å². The summed E-state index contributed by atoms with van der Waals surface area (Å²) in [7, 11) is 0. The Labute approximate surface area is 133 Å². The average molecular weight is 310 g/mol. The van der Waals surface area contributed by atoms with Gasteiger partial charge in [-0.05, 0) is 37.6 Å². The van der Waals surface area contributed by atoms with Crippen LogP contribution in [-0.2, 0) is 6.54 Å². The number of likely N-dealkylation sites (tertiary alicyclic amines) is 1. The smallest absolute Gasteiger partial charge is 0.0971 e. The maximum absolute atomic E-state index is 9.40. The molecular formula is C16H18N6O. The van der Waals surface area contributed by atoms with Crippen molar-refractivity contribution in [1.82, 2.24) is 29.9 Å². The van der Waals surface area contributed by atoms with Gasteiger partial charge in [0.05, 0.1) is 35.2 Å². The van der Waals surface area contributed by atoms with Crippen molar-refractivity contribution in [3.8, 4) is 5.69 Å². The van der Waals surface area contributed by atoms with E-state index >= 15 is 0 Å². The van der Waals surface area contributed by atoms with Gasteiger partial charge in [0.15, 0.2) is 0 Å². The minimum atomic E-state index is 0.206. The Bertz CT molecular complexity index is 817. The lowest BCUT2D eigenvalue weighted by Crippen LogP contribution is -2.31. The number of hydrogen-bond acceptors (Lipinski definition) is 6. The number of aromatic nitrogens is 5. The van der Waals surface area contributed by atoms with Crippen molar-refractivity contribution in [1.29, 1.82) is 0 Å². The summed E-state index contributed by atoms with van der Waals surface area (Å²) in [5.74, 6) is 0. The lowest BCUT2D eigenvalue weighted by molar-refractivity contribution is 0.152. The van der Waals surface area contributed by atoms with Crippen LogP contribution in [0.2, 0.25) is 0 Å². The van der Waals surface area contributed by atoms with Crippen LogP contribution in [0.1, 0.15) is 18.5 Å². The van der Waals surface area contributed by atoms with Crippen molar-refractivity contribution in [3.63, 3.8) is 0 Å². The Morgan fingerprint density at radius 1 is 1.17 bits per heavy atom. The molecule has 4 rings (SSSR count). The van der Waals surface area contributed by atoms with Crippen LogP contribution in [0.25, 0.3) is 16.7 Å². The van der Waals surface area contributed by atoms with Crippen molar-refractivity contribution in [2.75, 3.05) is 13.2 Å². The highest BCUT2D eigenvalue weighted by atomic mass is 16.3. The Balaban J connectivity index is 1.56.